The predicted molar refractivity (Wildman–Crippen MR) is 142 cm³/mol. The quantitative estimate of drug-likeness (QED) is 0.240. The standard InChI is InChI=1S/C27H40N4O9/c1-18(2)22(29-25(35)40-27(3,4)5)24(34)37-16-21(32)31-14-9-11-20(31)23(33)38-17-39-26(36)30(6)15-12-19-10-7-8-13-28-19/h7-8,10,13,18,20,22H,9,11-12,14-17H2,1-6H3,(H,29,35)/t20-,22+/m1/s1. The number of alkyl carbamates (subject to hydrolysis) is 1. The molecule has 0 bridgehead atoms. The SMILES string of the molecule is CC(C)[C@H](NC(=O)OC(C)(C)C)C(=O)OCC(=O)N1CCC[C@@H]1C(=O)OCOC(=O)N(C)CCc1ccccn1. The Labute approximate surface area is 234 Å². The molecule has 40 heavy (non-hydrogen) atoms. The number of carbonyl (C=O) groups excluding carboxylic acids is 5. The van der Waals surface area contributed by atoms with Crippen molar-refractivity contribution in [2.45, 2.75) is 71.6 Å². The van der Waals surface area contributed by atoms with E-state index in [-0.39, 0.29) is 12.5 Å². The van der Waals surface area contributed by atoms with E-state index in [2.05, 4.69) is 10.3 Å². The first-order chi connectivity index (χ1) is 18.8. The van der Waals surface area contributed by atoms with Crippen molar-refractivity contribution >= 4 is 30.0 Å². The smallest absolute Gasteiger partial charge is 0.412 e. The first-order valence-corrected chi connectivity index (χ1v) is 13.2. The van der Waals surface area contributed by atoms with Crippen LogP contribution < -0.4 is 5.32 Å². The van der Waals surface area contributed by atoms with Crippen molar-refractivity contribution in [2.24, 2.45) is 5.92 Å². The van der Waals surface area contributed by atoms with E-state index in [4.69, 9.17) is 18.9 Å². The lowest BCUT2D eigenvalue weighted by Crippen LogP contribution is -2.48. The number of esters is 2. The van der Waals surface area contributed by atoms with Gasteiger partial charge in [0.05, 0.1) is 0 Å². The van der Waals surface area contributed by atoms with Gasteiger partial charge in [0.25, 0.3) is 5.91 Å². The van der Waals surface area contributed by atoms with Crippen molar-refractivity contribution in [2.75, 3.05) is 33.5 Å². The first kappa shape index (κ1) is 32.3. The summed E-state index contributed by atoms with van der Waals surface area (Å²) in [6.45, 7) is 7.92. The molecular weight excluding hydrogens is 524 g/mol. The van der Waals surface area contributed by atoms with Gasteiger partial charge in [-0.05, 0) is 51.7 Å². The summed E-state index contributed by atoms with van der Waals surface area (Å²) in [5.74, 6) is -2.44. The number of hydrogen-bond acceptors (Lipinski definition) is 10. The summed E-state index contributed by atoms with van der Waals surface area (Å²) in [6, 6.07) is 3.58. The van der Waals surface area contributed by atoms with E-state index >= 15 is 0 Å². The fourth-order valence-corrected chi connectivity index (χ4v) is 3.81. The van der Waals surface area contributed by atoms with Gasteiger partial charge < -0.3 is 34.1 Å². The lowest BCUT2D eigenvalue weighted by atomic mass is 10.1. The molecule has 2 atom stereocenters. The Morgan fingerprint density at radius 3 is 2.48 bits per heavy atom. The van der Waals surface area contributed by atoms with Gasteiger partial charge in [-0.15, -0.1) is 0 Å². The third kappa shape index (κ3) is 10.7. The lowest BCUT2D eigenvalue weighted by Gasteiger charge is -2.26. The van der Waals surface area contributed by atoms with Crippen LogP contribution in [-0.4, -0.2) is 96.0 Å². The van der Waals surface area contributed by atoms with Crippen LogP contribution in [0.1, 0.15) is 53.2 Å². The number of nitrogens with zero attached hydrogens (tertiary/aromatic N) is 3. The summed E-state index contributed by atoms with van der Waals surface area (Å²) in [4.78, 5) is 69.0. The monoisotopic (exact) mass is 564 g/mol. The summed E-state index contributed by atoms with van der Waals surface area (Å²) in [7, 11) is 1.55. The summed E-state index contributed by atoms with van der Waals surface area (Å²) in [6.07, 6.45) is 1.65. The molecule has 0 aliphatic carbocycles. The molecule has 1 aliphatic rings. The van der Waals surface area contributed by atoms with Gasteiger partial charge in [-0.3, -0.25) is 9.78 Å². The van der Waals surface area contributed by atoms with Crippen LogP contribution in [0.2, 0.25) is 0 Å². The van der Waals surface area contributed by atoms with Crippen LogP contribution in [0.15, 0.2) is 24.4 Å². The molecule has 0 aromatic carbocycles. The second-order valence-electron chi connectivity index (χ2n) is 10.7. The molecule has 13 heteroatoms. The molecule has 0 unspecified atom stereocenters. The van der Waals surface area contributed by atoms with Crippen molar-refractivity contribution in [3.05, 3.63) is 30.1 Å². The van der Waals surface area contributed by atoms with Crippen molar-refractivity contribution < 1.29 is 42.9 Å². The minimum Gasteiger partial charge on any atom is -0.454 e. The third-order valence-corrected chi connectivity index (χ3v) is 5.90. The van der Waals surface area contributed by atoms with Gasteiger partial charge in [-0.25, -0.2) is 19.2 Å². The highest BCUT2D eigenvalue weighted by Crippen LogP contribution is 2.19. The molecule has 0 spiro atoms. The van der Waals surface area contributed by atoms with E-state index in [1.807, 2.05) is 12.1 Å². The highest BCUT2D eigenvalue weighted by Gasteiger charge is 2.36. The van der Waals surface area contributed by atoms with Crippen LogP contribution >= 0.6 is 0 Å². The van der Waals surface area contributed by atoms with Crippen LogP contribution in [0.5, 0.6) is 0 Å². The topological polar surface area (TPSA) is 154 Å². The molecular formula is C27H40N4O9. The van der Waals surface area contributed by atoms with Crippen molar-refractivity contribution in [1.82, 2.24) is 20.1 Å². The van der Waals surface area contributed by atoms with Crippen molar-refractivity contribution in [1.29, 1.82) is 0 Å². The van der Waals surface area contributed by atoms with Crippen LogP contribution in [0.3, 0.4) is 0 Å². The molecule has 1 saturated heterocycles. The number of likely N-dealkylation sites (tertiary alicyclic amines) is 1. The van der Waals surface area contributed by atoms with E-state index in [9.17, 15) is 24.0 Å². The van der Waals surface area contributed by atoms with Crippen LogP contribution in [0.25, 0.3) is 0 Å². The van der Waals surface area contributed by atoms with E-state index in [1.54, 1.807) is 53.9 Å². The zero-order valence-corrected chi connectivity index (χ0v) is 24.0. The van der Waals surface area contributed by atoms with Gasteiger partial charge >= 0.3 is 24.1 Å². The largest absolute Gasteiger partial charge is 0.454 e. The summed E-state index contributed by atoms with van der Waals surface area (Å²) >= 11 is 0. The Bertz CT molecular complexity index is 1030. The van der Waals surface area contributed by atoms with Gasteiger partial charge in [-0.1, -0.05) is 19.9 Å². The second kappa shape index (κ2) is 15.0. The summed E-state index contributed by atoms with van der Waals surface area (Å²) < 4.78 is 20.4. The van der Waals surface area contributed by atoms with Gasteiger partial charge in [-0.2, -0.15) is 0 Å². The predicted octanol–water partition coefficient (Wildman–Crippen LogP) is 2.28. The number of nitrogens with one attached hydrogen (secondary N) is 1. The fraction of sp³-hybridized carbons (Fsp3) is 0.630. The minimum atomic E-state index is -1.03. The zero-order valence-electron chi connectivity index (χ0n) is 24.0. The highest BCUT2D eigenvalue weighted by molar-refractivity contribution is 5.88. The van der Waals surface area contributed by atoms with Gasteiger partial charge in [0.15, 0.2) is 6.61 Å². The zero-order chi connectivity index (χ0) is 29.9. The number of rotatable bonds is 11. The Balaban J connectivity index is 1.79. The van der Waals surface area contributed by atoms with Gasteiger partial charge in [0.2, 0.25) is 6.79 Å². The lowest BCUT2D eigenvalue weighted by molar-refractivity contribution is -0.163. The van der Waals surface area contributed by atoms with Crippen molar-refractivity contribution in [3.63, 3.8) is 0 Å². The molecule has 1 aromatic heterocycles. The van der Waals surface area contributed by atoms with E-state index in [1.165, 1.54) is 9.80 Å². The maximum absolute atomic E-state index is 12.8. The minimum absolute atomic E-state index is 0.274. The number of ether oxygens (including phenoxy) is 4. The number of amides is 3. The summed E-state index contributed by atoms with van der Waals surface area (Å²) in [5, 5.41) is 2.47. The molecule has 3 amide bonds. The van der Waals surface area contributed by atoms with Crippen molar-refractivity contribution in [3.8, 4) is 0 Å². The molecule has 2 heterocycles. The van der Waals surface area contributed by atoms with Gasteiger partial charge in [0, 0.05) is 38.4 Å². The van der Waals surface area contributed by atoms with Crippen LogP contribution in [0, 0.1) is 5.92 Å². The number of pyridine rings is 1. The highest BCUT2D eigenvalue weighted by atomic mass is 16.7. The number of carbonyl (C=O) groups is 5. The fourth-order valence-electron chi connectivity index (χ4n) is 3.81. The molecule has 1 aromatic rings. The van der Waals surface area contributed by atoms with Crippen LogP contribution in [0.4, 0.5) is 9.59 Å². The Kier molecular flexibility index (Phi) is 12.1. The molecule has 2 rings (SSSR count). The number of aromatic nitrogens is 1. The van der Waals surface area contributed by atoms with E-state index < -0.39 is 61.1 Å². The third-order valence-electron chi connectivity index (χ3n) is 5.90. The first-order valence-electron chi connectivity index (χ1n) is 13.2. The van der Waals surface area contributed by atoms with E-state index in [0.29, 0.717) is 25.8 Å². The Morgan fingerprint density at radius 2 is 1.85 bits per heavy atom. The van der Waals surface area contributed by atoms with E-state index in [0.717, 1.165) is 5.69 Å². The molecule has 1 fully saturated rings. The molecule has 13 nitrogen and oxygen atoms in total. The second-order valence-corrected chi connectivity index (χ2v) is 10.7. The average molecular weight is 565 g/mol. The Hall–Kier alpha value is -3.90. The molecule has 1 aliphatic heterocycles. The normalized spacial score (nSPS) is 15.7. The number of hydrogen-bond donors (Lipinski definition) is 1. The average Bonchev–Trinajstić information content (AvgIpc) is 3.38. The molecule has 0 radical (unpaired) electrons. The number of likely N-dealkylation sites (N-methyl/N-ethyl adjacent to an activating group) is 1. The van der Waals surface area contributed by atoms with Gasteiger partial charge in [0.1, 0.15) is 17.7 Å². The maximum Gasteiger partial charge on any atom is 0.412 e. The summed E-state index contributed by atoms with van der Waals surface area (Å²) in [5.41, 5.74) is 0.0726. The van der Waals surface area contributed by atoms with Crippen LogP contribution in [-0.2, 0) is 39.8 Å². The molecule has 222 valence electrons. The molecule has 1 N–H and O–H groups in total. The Morgan fingerprint density at radius 1 is 1.12 bits per heavy atom. The molecule has 0 saturated carbocycles. The maximum atomic E-state index is 12.8.